The molecule has 3 unspecified atom stereocenters. The van der Waals surface area contributed by atoms with Gasteiger partial charge in [-0.25, -0.2) is 0 Å². The summed E-state index contributed by atoms with van der Waals surface area (Å²) in [6.07, 6.45) is 26.9. The molecule has 0 heterocycles. The SMILES string of the molecule is C1CCCC1.CC(C1CCCC1c1ccccc1P(c1ccccc1)c1ccccc1)P(C1CCCCC1)C1CCCCC1.[Fe]. The van der Waals surface area contributed by atoms with E-state index in [2.05, 4.69) is 91.9 Å². The summed E-state index contributed by atoms with van der Waals surface area (Å²) in [6.45, 7) is 2.75. The van der Waals surface area contributed by atoms with Gasteiger partial charge in [-0.15, -0.1) is 0 Å². The van der Waals surface area contributed by atoms with Crippen LogP contribution in [0.4, 0.5) is 0 Å². The van der Waals surface area contributed by atoms with Gasteiger partial charge in [0.2, 0.25) is 0 Å². The zero-order valence-electron chi connectivity index (χ0n) is 27.9. The first kappa shape index (κ1) is 35.3. The van der Waals surface area contributed by atoms with Gasteiger partial charge in [0.25, 0.3) is 0 Å². The molecule has 0 bridgehead atoms. The van der Waals surface area contributed by atoms with Crippen molar-refractivity contribution in [3.63, 3.8) is 0 Å². The molecule has 0 spiro atoms. The topological polar surface area (TPSA) is 0 Å². The summed E-state index contributed by atoms with van der Waals surface area (Å²) in [7, 11) is -0.449. The van der Waals surface area contributed by atoms with Crippen molar-refractivity contribution in [3.05, 3.63) is 90.5 Å². The molecule has 7 rings (SSSR count). The van der Waals surface area contributed by atoms with E-state index in [0.29, 0.717) is 0 Å². The van der Waals surface area contributed by atoms with Crippen molar-refractivity contribution in [1.82, 2.24) is 0 Å². The first-order valence-corrected chi connectivity index (χ1v) is 21.5. The smallest absolute Gasteiger partial charge is 0 e. The van der Waals surface area contributed by atoms with Crippen LogP contribution < -0.4 is 15.9 Å². The fraction of sp³-hybridized carbons (Fsp3) is 0.571. The van der Waals surface area contributed by atoms with Crippen LogP contribution in [0.5, 0.6) is 0 Å². The van der Waals surface area contributed by atoms with Gasteiger partial charge in [-0.2, -0.15) is 0 Å². The molecule has 3 aromatic carbocycles. The maximum atomic E-state index is 2.75. The van der Waals surface area contributed by atoms with E-state index in [1.54, 1.807) is 10.9 Å². The third-order valence-electron chi connectivity index (χ3n) is 11.5. The number of benzene rings is 3. The predicted octanol–water partition coefficient (Wildman–Crippen LogP) is 11.8. The van der Waals surface area contributed by atoms with Gasteiger partial charge in [0.05, 0.1) is 0 Å². The van der Waals surface area contributed by atoms with E-state index in [-0.39, 0.29) is 25.0 Å². The van der Waals surface area contributed by atoms with Crippen molar-refractivity contribution >= 4 is 31.8 Å². The van der Waals surface area contributed by atoms with Crippen LogP contribution in [-0.4, -0.2) is 17.0 Å². The Morgan fingerprint density at radius 2 is 0.933 bits per heavy atom. The molecule has 3 atom stereocenters. The van der Waals surface area contributed by atoms with Gasteiger partial charge in [-0.05, 0) is 96.7 Å². The van der Waals surface area contributed by atoms with E-state index in [4.69, 9.17) is 0 Å². The molecule has 0 amide bonds. The molecule has 4 saturated carbocycles. The minimum Gasteiger partial charge on any atom is -0.0971 e. The zero-order chi connectivity index (χ0) is 30.0. The van der Waals surface area contributed by atoms with Gasteiger partial charge >= 0.3 is 0 Å². The molecule has 0 radical (unpaired) electrons. The normalized spacial score (nSPS) is 23.4. The van der Waals surface area contributed by atoms with Crippen LogP contribution >= 0.6 is 15.8 Å². The average molecular weight is 681 g/mol. The summed E-state index contributed by atoms with van der Waals surface area (Å²) < 4.78 is 0. The monoisotopic (exact) mass is 680 g/mol. The van der Waals surface area contributed by atoms with Crippen molar-refractivity contribution in [2.45, 2.75) is 145 Å². The molecule has 3 heteroatoms. The van der Waals surface area contributed by atoms with Gasteiger partial charge < -0.3 is 0 Å². The number of hydrogen-bond donors (Lipinski definition) is 0. The van der Waals surface area contributed by atoms with E-state index in [0.717, 1.165) is 28.8 Å². The Bertz CT molecular complexity index is 1160. The first-order chi connectivity index (χ1) is 21.8. The minimum atomic E-state index is -0.556. The Labute approximate surface area is 289 Å². The van der Waals surface area contributed by atoms with E-state index in [1.807, 2.05) is 0 Å². The molecule has 244 valence electrons. The Balaban J connectivity index is 0.000000609. The quantitative estimate of drug-likeness (QED) is 0.164. The summed E-state index contributed by atoms with van der Waals surface area (Å²) in [4.78, 5) is 0. The molecule has 0 N–H and O–H groups in total. The van der Waals surface area contributed by atoms with Crippen molar-refractivity contribution in [3.8, 4) is 0 Å². The Kier molecular flexibility index (Phi) is 14.6. The van der Waals surface area contributed by atoms with Crippen molar-refractivity contribution in [1.29, 1.82) is 0 Å². The second kappa shape index (κ2) is 18.5. The summed E-state index contributed by atoms with van der Waals surface area (Å²) >= 11 is 0. The zero-order valence-corrected chi connectivity index (χ0v) is 30.8. The molecule has 4 fully saturated rings. The summed E-state index contributed by atoms with van der Waals surface area (Å²) in [5, 5.41) is 4.59. The van der Waals surface area contributed by atoms with Gasteiger partial charge in [-0.3, -0.25) is 0 Å². The molecule has 0 saturated heterocycles. The molecule has 3 aromatic rings. The van der Waals surface area contributed by atoms with Crippen LogP contribution in [0.1, 0.15) is 134 Å². The number of hydrogen-bond acceptors (Lipinski definition) is 0. The maximum Gasteiger partial charge on any atom is 0 e. The Morgan fingerprint density at radius 3 is 1.44 bits per heavy atom. The van der Waals surface area contributed by atoms with Crippen LogP contribution in [-0.2, 0) is 17.1 Å². The van der Waals surface area contributed by atoms with Gasteiger partial charge in [0.15, 0.2) is 0 Å². The van der Waals surface area contributed by atoms with Crippen molar-refractivity contribution in [2.75, 3.05) is 0 Å². The molecular formula is C42H58FeP2. The van der Waals surface area contributed by atoms with Crippen LogP contribution in [0, 0.1) is 5.92 Å². The fourth-order valence-corrected chi connectivity index (χ4v) is 16.5. The van der Waals surface area contributed by atoms with Gasteiger partial charge in [0, 0.05) is 17.1 Å². The van der Waals surface area contributed by atoms with E-state index in [9.17, 15) is 0 Å². The standard InChI is InChI=1S/C37H48P2.C5H10.Fe/c1-29(38(30-17-6-2-7-18-30)31-19-8-3-9-20-31)34-26-16-27-35(34)36-25-14-15-28-37(36)39(32-21-10-4-11-22-32)33-23-12-5-13-24-33;1-2-4-5-3-1;/h4-5,10-15,21-25,28-31,34-35H,2-3,6-9,16-20,26-27H2,1H3;1-5H2;. The molecule has 45 heavy (non-hydrogen) atoms. The molecule has 4 aliphatic carbocycles. The second-order valence-corrected chi connectivity index (χ2v) is 19.7. The van der Waals surface area contributed by atoms with Gasteiger partial charge in [0.1, 0.15) is 0 Å². The van der Waals surface area contributed by atoms with Crippen LogP contribution in [0.15, 0.2) is 84.9 Å². The summed E-state index contributed by atoms with van der Waals surface area (Å²) in [5.74, 6) is 1.59. The molecular weight excluding hydrogens is 622 g/mol. The third-order valence-corrected chi connectivity index (χ3v) is 18.1. The van der Waals surface area contributed by atoms with E-state index < -0.39 is 7.92 Å². The summed E-state index contributed by atoms with van der Waals surface area (Å²) in [5.41, 5.74) is 4.70. The molecule has 4 aliphatic rings. The third kappa shape index (κ3) is 9.14. The van der Waals surface area contributed by atoms with Crippen molar-refractivity contribution in [2.24, 2.45) is 5.92 Å². The largest absolute Gasteiger partial charge is 0.0971 e. The van der Waals surface area contributed by atoms with Crippen LogP contribution in [0.2, 0.25) is 0 Å². The molecule has 0 aromatic heterocycles. The van der Waals surface area contributed by atoms with Gasteiger partial charge in [-0.1, -0.05) is 177 Å². The van der Waals surface area contributed by atoms with Crippen molar-refractivity contribution < 1.29 is 17.1 Å². The second-order valence-electron chi connectivity index (χ2n) is 14.3. The molecule has 0 nitrogen and oxygen atoms in total. The average Bonchev–Trinajstić information content (AvgIpc) is 3.84. The first-order valence-electron chi connectivity index (χ1n) is 18.6. The molecule has 0 aliphatic heterocycles. The van der Waals surface area contributed by atoms with Crippen LogP contribution in [0.3, 0.4) is 0 Å². The predicted molar refractivity (Wildman–Crippen MR) is 198 cm³/mol. The van der Waals surface area contributed by atoms with Crippen LogP contribution in [0.25, 0.3) is 0 Å². The minimum absolute atomic E-state index is 0. The Hall–Kier alpha value is -0.961. The maximum absolute atomic E-state index is 2.75. The fourth-order valence-electron chi connectivity index (χ4n) is 9.36. The summed E-state index contributed by atoms with van der Waals surface area (Å²) in [6, 6.07) is 32.4. The Morgan fingerprint density at radius 1 is 0.489 bits per heavy atom. The van der Waals surface area contributed by atoms with E-state index in [1.165, 1.54) is 126 Å². The van der Waals surface area contributed by atoms with E-state index >= 15 is 0 Å². The number of rotatable bonds is 8.